The molecule has 6 nitrogen and oxygen atoms in total. The third-order valence-corrected chi connectivity index (χ3v) is 4.92. The van der Waals surface area contributed by atoms with Crippen molar-refractivity contribution in [2.75, 3.05) is 6.54 Å². The Morgan fingerprint density at radius 3 is 2.27 bits per heavy atom. The molecule has 0 spiro atoms. The van der Waals surface area contributed by atoms with Gasteiger partial charge in [0, 0.05) is 18.3 Å². The van der Waals surface area contributed by atoms with Crippen LogP contribution in [0.3, 0.4) is 0 Å². The van der Waals surface area contributed by atoms with Crippen molar-refractivity contribution in [1.82, 2.24) is 20.4 Å². The number of benzene rings is 2. The van der Waals surface area contributed by atoms with Gasteiger partial charge in [0.15, 0.2) is 0 Å². The summed E-state index contributed by atoms with van der Waals surface area (Å²) in [4.78, 5) is 25.1. The third-order valence-electron chi connectivity index (χ3n) is 4.92. The molecule has 3 aromatic rings. The molecule has 0 saturated carbocycles. The summed E-state index contributed by atoms with van der Waals surface area (Å²) < 4.78 is 1.69. The quantitative estimate of drug-likeness (QED) is 0.627. The minimum atomic E-state index is -0.645. The number of likely N-dealkylation sites (N-methyl/N-ethyl adjacent to an activating group) is 1. The molecule has 0 aliphatic rings. The highest BCUT2D eigenvalue weighted by atomic mass is 16.2. The first-order chi connectivity index (χ1) is 14.4. The number of hydrogen-bond acceptors (Lipinski definition) is 3. The average molecular weight is 405 g/mol. The first kappa shape index (κ1) is 21.3. The van der Waals surface area contributed by atoms with Crippen molar-refractivity contribution in [3.8, 4) is 16.9 Å². The highest BCUT2D eigenvalue weighted by Crippen LogP contribution is 2.26. The Bertz CT molecular complexity index is 1010. The van der Waals surface area contributed by atoms with Crippen LogP contribution in [0.1, 0.15) is 49.5 Å². The first-order valence-corrected chi connectivity index (χ1v) is 10.2. The fourth-order valence-corrected chi connectivity index (χ4v) is 3.16. The number of carbonyl (C=O) groups excluding carboxylic acids is 2. The lowest BCUT2D eigenvalue weighted by Crippen LogP contribution is -2.44. The fraction of sp³-hybridized carbons (Fsp3) is 0.292. The van der Waals surface area contributed by atoms with Crippen molar-refractivity contribution in [3.05, 3.63) is 71.9 Å². The van der Waals surface area contributed by atoms with E-state index in [0.717, 1.165) is 11.3 Å². The summed E-state index contributed by atoms with van der Waals surface area (Å²) in [5, 5.41) is 10.2. The molecule has 0 radical (unpaired) electrons. The van der Waals surface area contributed by atoms with E-state index in [1.54, 1.807) is 17.8 Å². The highest BCUT2D eigenvalue weighted by Gasteiger charge is 2.22. The number of aromatic nitrogens is 2. The molecule has 2 N–H and O–H groups in total. The molecule has 2 amide bonds. The van der Waals surface area contributed by atoms with Crippen molar-refractivity contribution in [1.29, 1.82) is 0 Å². The van der Waals surface area contributed by atoms with E-state index in [-0.39, 0.29) is 11.8 Å². The van der Waals surface area contributed by atoms with Gasteiger partial charge in [-0.25, -0.2) is 4.68 Å². The summed E-state index contributed by atoms with van der Waals surface area (Å²) in [5.74, 6) is -0.135. The van der Waals surface area contributed by atoms with E-state index in [1.807, 2.05) is 49.4 Å². The molecular weight excluding hydrogens is 376 g/mol. The van der Waals surface area contributed by atoms with E-state index < -0.39 is 6.04 Å². The summed E-state index contributed by atoms with van der Waals surface area (Å²) >= 11 is 0. The predicted molar refractivity (Wildman–Crippen MR) is 119 cm³/mol. The van der Waals surface area contributed by atoms with Crippen LogP contribution in [0.5, 0.6) is 0 Å². The van der Waals surface area contributed by atoms with Crippen molar-refractivity contribution in [3.63, 3.8) is 0 Å². The van der Waals surface area contributed by atoms with Gasteiger partial charge in [-0.15, -0.1) is 0 Å². The van der Waals surface area contributed by atoms with Crippen LogP contribution in [0.2, 0.25) is 0 Å². The van der Waals surface area contributed by atoms with Gasteiger partial charge in [-0.05, 0) is 37.5 Å². The van der Waals surface area contributed by atoms with Gasteiger partial charge in [0.05, 0.1) is 11.3 Å². The number of amides is 2. The Hall–Kier alpha value is -3.41. The van der Waals surface area contributed by atoms with Gasteiger partial charge in [-0.1, -0.05) is 56.3 Å². The Balaban J connectivity index is 1.98. The van der Waals surface area contributed by atoms with E-state index >= 15 is 0 Å². The molecule has 1 aromatic heterocycles. The Morgan fingerprint density at radius 2 is 1.67 bits per heavy atom. The molecule has 1 atom stereocenters. The molecule has 1 heterocycles. The molecule has 3 rings (SSSR count). The van der Waals surface area contributed by atoms with Gasteiger partial charge in [-0.3, -0.25) is 9.59 Å². The van der Waals surface area contributed by atoms with Gasteiger partial charge in [0.25, 0.3) is 5.91 Å². The Morgan fingerprint density at radius 1 is 1.00 bits per heavy atom. The van der Waals surface area contributed by atoms with Gasteiger partial charge < -0.3 is 10.6 Å². The zero-order chi connectivity index (χ0) is 21.7. The molecule has 0 unspecified atom stereocenters. The van der Waals surface area contributed by atoms with Gasteiger partial charge >= 0.3 is 0 Å². The van der Waals surface area contributed by atoms with Crippen LogP contribution >= 0.6 is 0 Å². The van der Waals surface area contributed by atoms with Crippen molar-refractivity contribution in [2.24, 2.45) is 0 Å². The predicted octanol–water partition coefficient (Wildman–Crippen LogP) is 3.92. The topological polar surface area (TPSA) is 76.0 Å². The van der Waals surface area contributed by atoms with E-state index in [0.29, 0.717) is 23.7 Å². The minimum absolute atomic E-state index is 0.218. The lowest BCUT2D eigenvalue weighted by molar-refractivity contribution is -0.122. The number of para-hydroxylation sites is 1. The molecule has 0 bridgehead atoms. The third kappa shape index (κ3) is 4.76. The van der Waals surface area contributed by atoms with Crippen molar-refractivity contribution >= 4 is 11.8 Å². The molecule has 6 heteroatoms. The molecule has 0 aliphatic carbocycles. The second kappa shape index (κ2) is 9.39. The van der Waals surface area contributed by atoms with Gasteiger partial charge in [0.2, 0.25) is 5.91 Å². The monoisotopic (exact) mass is 404 g/mol. The van der Waals surface area contributed by atoms with Gasteiger partial charge in [0.1, 0.15) is 11.7 Å². The summed E-state index contributed by atoms with van der Waals surface area (Å²) in [7, 11) is 0. The van der Waals surface area contributed by atoms with Crippen LogP contribution < -0.4 is 10.6 Å². The minimum Gasteiger partial charge on any atom is -0.355 e. The standard InChI is InChI=1S/C24H28N4O2/c1-5-25-23(29)17(4)26-24(30)21-15-28(20-9-7-6-8-10-20)27-22(21)19-13-11-18(12-14-19)16(2)3/h6-17H,5H2,1-4H3,(H,25,29)(H,26,30)/t17-/m0/s1. The molecule has 0 aliphatic heterocycles. The van der Waals surface area contributed by atoms with Crippen LogP contribution in [-0.2, 0) is 4.79 Å². The van der Waals surface area contributed by atoms with E-state index in [2.05, 4.69) is 36.6 Å². The molecule has 0 fully saturated rings. The number of carbonyl (C=O) groups is 2. The Kier molecular flexibility index (Phi) is 6.67. The molecule has 30 heavy (non-hydrogen) atoms. The van der Waals surface area contributed by atoms with Crippen molar-refractivity contribution < 1.29 is 9.59 Å². The smallest absolute Gasteiger partial charge is 0.255 e. The highest BCUT2D eigenvalue weighted by molar-refractivity contribution is 6.02. The fourth-order valence-electron chi connectivity index (χ4n) is 3.16. The maximum Gasteiger partial charge on any atom is 0.255 e. The lowest BCUT2D eigenvalue weighted by Gasteiger charge is -2.13. The van der Waals surface area contributed by atoms with E-state index in [1.165, 1.54) is 5.56 Å². The van der Waals surface area contributed by atoms with Crippen LogP contribution in [0, 0.1) is 0 Å². The SMILES string of the molecule is CCNC(=O)[C@H](C)NC(=O)c1cn(-c2ccccc2)nc1-c1ccc(C(C)C)cc1. The molecule has 2 aromatic carbocycles. The maximum absolute atomic E-state index is 13.0. The Labute approximate surface area is 177 Å². The average Bonchev–Trinajstić information content (AvgIpc) is 3.20. The summed E-state index contributed by atoms with van der Waals surface area (Å²) in [6.07, 6.45) is 1.71. The molecular formula is C24H28N4O2. The van der Waals surface area contributed by atoms with Gasteiger partial charge in [-0.2, -0.15) is 5.10 Å². The number of nitrogens with one attached hydrogen (secondary N) is 2. The second-order valence-electron chi connectivity index (χ2n) is 7.54. The normalized spacial score (nSPS) is 11.9. The van der Waals surface area contributed by atoms with Crippen LogP contribution in [0.15, 0.2) is 60.8 Å². The largest absolute Gasteiger partial charge is 0.355 e. The van der Waals surface area contributed by atoms with E-state index in [4.69, 9.17) is 5.10 Å². The summed E-state index contributed by atoms with van der Waals surface area (Å²) in [5.41, 5.74) is 3.93. The van der Waals surface area contributed by atoms with E-state index in [9.17, 15) is 9.59 Å². The van der Waals surface area contributed by atoms with Crippen LogP contribution in [0.25, 0.3) is 16.9 Å². The number of rotatable bonds is 7. The molecule has 0 saturated heterocycles. The zero-order valence-corrected chi connectivity index (χ0v) is 17.8. The number of nitrogens with zero attached hydrogens (tertiary/aromatic N) is 2. The second-order valence-corrected chi connectivity index (χ2v) is 7.54. The summed E-state index contributed by atoms with van der Waals surface area (Å²) in [6, 6.07) is 17.1. The lowest BCUT2D eigenvalue weighted by atomic mass is 9.99. The first-order valence-electron chi connectivity index (χ1n) is 10.2. The maximum atomic E-state index is 13.0. The zero-order valence-electron chi connectivity index (χ0n) is 17.8. The van der Waals surface area contributed by atoms with Crippen LogP contribution in [0.4, 0.5) is 0 Å². The van der Waals surface area contributed by atoms with Crippen molar-refractivity contribution in [2.45, 2.75) is 39.7 Å². The summed E-state index contributed by atoms with van der Waals surface area (Å²) in [6.45, 7) is 8.30. The number of hydrogen-bond donors (Lipinski definition) is 2. The molecule has 156 valence electrons. The van der Waals surface area contributed by atoms with Crippen LogP contribution in [-0.4, -0.2) is 34.2 Å².